The van der Waals surface area contributed by atoms with Crippen LogP contribution in [0.1, 0.15) is 18.4 Å². The summed E-state index contributed by atoms with van der Waals surface area (Å²) in [5, 5.41) is 9.96. The molecule has 0 saturated carbocycles. The summed E-state index contributed by atoms with van der Waals surface area (Å²) < 4.78 is 0. The molecule has 1 saturated heterocycles. The topological polar surface area (TPSA) is 57.6 Å². The monoisotopic (exact) mass is 415 g/mol. The molecule has 0 spiro atoms. The van der Waals surface area contributed by atoms with Crippen LogP contribution in [0.5, 0.6) is 0 Å². The van der Waals surface area contributed by atoms with Crippen molar-refractivity contribution in [3.8, 4) is 0 Å². The minimum absolute atomic E-state index is 0.0932. The van der Waals surface area contributed by atoms with Crippen LogP contribution in [0.4, 0.5) is 0 Å². The molecule has 2 aromatic carbocycles. The zero-order valence-corrected chi connectivity index (χ0v) is 17.0. The van der Waals surface area contributed by atoms with Gasteiger partial charge >= 0.3 is 5.97 Å². The van der Waals surface area contributed by atoms with Gasteiger partial charge in [-0.1, -0.05) is 41.9 Å². The van der Waals surface area contributed by atoms with Gasteiger partial charge in [0.2, 0.25) is 0 Å². The van der Waals surface area contributed by atoms with Crippen LogP contribution >= 0.6 is 23.4 Å². The Kier molecular flexibility index (Phi) is 7.18. The van der Waals surface area contributed by atoms with Gasteiger partial charge in [0.25, 0.3) is 5.91 Å². The van der Waals surface area contributed by atoms with Crippen LogP contribution in [0.25, 0.3) is 6.08 Å². The molecule has 3 rings (SSSR count). The first-order valence-electron chi connectivity index (χ1n) is 9.19. The number of hydrogen-bond acceptors (Lipinski definition) is 3. The highest BCUT2D eigenvalue weighted by atomic mass is 35.5. The second-order valence-electron chi connectivity index (χ2n) is 6.75. The lowest BCUT2D eigenvalue weighted by molar-refractivity contribution is -0.145. The lowest BCUT2D eigenvalue weighted by Gasteiger charge is -2.31. The molecule has 1 fully saturated rings. The van der Waals surface area contributed by atoms with Crippen molar-refractivity contribution in [2.45, 2.75) is 17.7 Å². The first-order chi connectivity index (χ1) is 13.5. The summed E-state index contributed by atoms with van der Waals surface area (Å²) in [4.78, 5) is 27.3. The molecule has 1 aliphatic heterocycles. The normalized spacial score (nSPS) is 17.4. The minimum atomic E-state index is -0.834. The maximum atomic E-state index is 13.2. The van der Waals surface area contributed by atoms with E-state index in [2.05, 4.69) is 0 Å². The summed E-state index contributed by atoms with van der Waals surface area (Å²) in [6, 6.07) is 17.2. The maximum absolute atomic E-state index is 13.2. The highest BCUT2D eigenvalue weighted by Gasteiger charge is 2.29. The third kappa shape index (κ3) is 5.63. The molecule has 1 amide bonds. The molecule has 1 atom stereocenters. The highest BCUT2D eigenvalue weighted by molar-refractivity contribution is 7.99. The van der Waals surface area contributed by atoms with E-state index in [1.165, 1.54) is 0 Å². The van der Waals surface area contributed by atoms with Crippen molar-refractivity contribution in [3.63, 3.8) is 0 Å². The van der Waals surface area contributed by atoms with Crippen LogP contribution in [-0.4, -0.2) is 40.7 Å². The van der Waals surface area contributed by atoms with E-state index in [1.807, 2.05) is 48.5 Å². The van der Waals surface area contributed by atoms with Gasteiger partial charge < -0.3 is 10.0 Å². The van der Waals surface area contributed by atoms with E-state index in [-0.39, 0.29) is 12.5 Å². The Morgan fingerprint density at radius 3 is 2.54 bits per heavy atom. The number of halogens is 1. The number of carboxylic acid groups (broad SMARTS) is 1. The van der Waals surface area contributed by atoms with Gasteiger partial charge in [0.15, 0.2) is 0 Å². The smallest absolute Gasteiger partial charge is 0.308 e. The molecular weight excluding hydrogens is 394 g/mol. The van der Waals surface area contributed by atoms with Crippen molar-refractivity contribution in [2.75, 3.05) is 18.8 Å². The van der Waals surface area contributed by atoms with E-state index in [0.717, 1.165) is 10.5 Å². The number of rotatable bonds is 6. The number of likely N-dealkylation sites (tertiary alicyclic amines) is 1. The van der Waals surface area contributed by atoms with E-state index < -0.39 is 11.9 Å². The van der Waals surface area contributed by atoms with Gasteiger partial charge in [0, 0.05) is 34.3 Å². The zero-order chi connectivity index (χ0) is 19.9. The molecule has 28 heavy (non-hydrogen) atoms. The molecule has 1 unspecified atom stereocenters. The SMILES string of the molecule is O=C(O)C1CCCN(C(=O)/C(=C/c2ccc(Cl)cc2)CSc2ccccc2)C1. The van der Waals surface area contributed by atoms with E-state index in [0.29, 0.717) is 35.7 Å². The van der Waals surface area contributed by atoms with Gasteiger partial charge in [0.05, 0.1) is 5.92 Å². The molecular formula is C22H22ClNO3S. The average molecular weight is 416 g/mol. The van der Waals surface area contributed by atoms with Crippen LogP contribution in [0.15, 0.2) is 65.1 Å². The van der Waals surface area contributed by atoms with Crippen molar-refractivity contribution >= 4 is 41.3 Å². The summed E-state index contributed by atoms with van der Waals surface area (Å²) in [6.45, 7) is 0.860. The number of benzene rings is 2. The van der Waals surface area contributed by atoms with E-state index in [9.17, 15) is 14.7 Å². The van der Waals surface area contributed by atoms with Gasteiger partial charge in [-0.05, 0) is 48.7 Å². The van der Waals surface area contributed by atoms with E-state index in [4.69, 9.17) is 11.6 Å². The Hall–Kier alpha value is -2.24. The van der Waals surface area contributed by atoms with Crippen LogP contribution in [-0.2, 0) is 9.59 Å². The molecule has 0 aromatic heterocycles. The Balaban J connectivity index is 1.81. The summed E-state index contributed by atoms with van der Waals surface area (Å²) in [7, 11) is 0. The van der Waals surface area contributed by atoms with Crippen molar-refractivity contribution in [2.24, 2.45) is 5.92 Å². The maximum Gasteiger partial charge on any atom is 0.308 e. The molecule has 1 heterocycles. The first kappa shape index (κ1) is 20.5. The first-order valence-corrected chi connectivity index (χ1v) is 10.6. The van der Waals surface area contributed by atoms with Gasteiger partial charge in [-0.25, -0.2) is 0 Å². The lowest BCUT2D eigenvalue weighted by Crippen LogP contribution is -2.43. The predicted molar refractivity (Wildman–Crippen MR) is 114 cm³/mol. The van der Waals surface area contributed by atoms with Crippen molar-refractivity contribution in [3.05, 3.63) is 70.8 Å². The van der Waals surface area contributed by atoms with Gasteiger partial charge in [0.1, 0.15) is 0 Å². The van der Waals surface area contributed by atoms with E-state index in [1.54, 1.807) is 28.8 Å². The largest absolute Gasteiger partial charge is 0.481 e. The summed E-state index contributed by atoms with van der Waals surface area (Å²) in [6.07, 6.45) is 3.20. The summed E-state index contributed by atoms with van der Waals surface area (Å²) in [5.74, 6) is -0.903. The number of nitrogens with zero attached hydrogens (tertiary/aromatic N) is 1. The highest BCUT2D eigenvalue weighted by Crippen LogP contribution is 2.25. The minimum Gasteiger partial charge on any atom is -0.481 e. The fourth-order valence-electron chi connectivity index (χ4n) is 3.17. The second kappa shape index (κ2) is 9.80. The molecule has 0 aliphatic carbocycles. The number of thioether (sulfide) groups is 1. The number of piperidine rings is 1. The van der Waals surface area contributed by atoms with Gasteiger partial charge in [-0.2, -0.15) is 0 Å². The second-order valence-corrected chi connectivity index (χ2v) is 8.24. The average Bonchev–Trinajstić information content (AvgIpc) is 2.73. The molecule has 146 valence electrons. The number of hydrogen-bond donors (Lipinski definition) is 1. The number of amides is 1. The lowest BCUT2D eigenvalue weighted by atomic mass is 9.97. The third-order valence-electron chi connectivity index (χ3n) is 4.68. The van der Waals surface area contributed by atoms with Crippen molar-refractivity contribution in [1.29, 1.82) is 0 Å². The summed E-state index contributed by atoms with van der Waals surface area (Å²) >= 11 is 7.56. The third-order valence-corrected chi connectivity index (χ3v) is 5.99. The van der Waals surface area contributed by atoms with Crippen molar-refractivity contribution in [1.82, 2.24) is 4.90 Å². The Bertz CT molecular complexity index is 852. The van der Waals surface area contributed by atoms with Crippen molar-refractivity contribution < 1.29 is 14.7 Å². The predicted octanol–water partition coefficient (Wildman–Crippen LogP) is 4.84. The molecule has 2 aromatic rings. The number of aliphatic carboxylic acids is 1. The fourth-order valence-corrected chi connectivity index (χ4v) is 4.17. The molecule has 1 N–H and O–H groups in total. The molecule has 0 radical (unpaired) electrons. The quantitative estimate of drug-likeness (QED) is 0.541. The Labute approximate surface area is 174 Å². The Morgan fingerprint density at radius 1 is 1.14 bits per heavy atom. The van der Waals surface area contributed by atoms with Crippen LogP contribution in [0.3, 0.4) is 0 Å². The molecule has 0 bridgehead atoms. The zero-order valence-electron chi connectivity index (χ0n) is 15.4. The fraction of sp³-hybridized carbons (Fsp3) is 0.273. The number of carboxylic acids is 1. The van der Waals surface area contributed by atoms with Gasteiger partial charge in [-0.3, -0.25) is 9.59 Å². The molecule has 1 aliphatic rings. The molecule has 6 heteroatoms. The van der Waals surface area contributed by atoms with Crippen LogP contribution in [0.2, 0.25) is 5.02 Å². The van der Waals surface area contributed by atoms with Crippen LogP contribution in [0, 0.1) is 5.92 Å². The number of carbonyl (C=O) groups excluding carboxylic acids is 1. The van der Waals surface area contributed by atoms with E-state index >= 15 is 0 Å². The summed E-state index contributed by atoms with van der Waals surface area (Å²) in [5.41, 5.74) is 1.55. The molecule has 4 nitrogen and oxygen atoms in total. The Morgan fingerprint density at radius 2 is 1.86 bits per heavy atom. The number of carbonyl (C=O) groups is 2. The standard InChI is InChI=1S/C22H22ClNO3S/c23-19-10-8-16(9-11-19)13-18(15-28-20-6-2-1-3-7-20)21(25)24-12-4-5-17(14-24)22(26)27/h1-3,6-11,13,17H,4-5,12,14-15H2,(H,26,27)/b18-13+. The van der Waals surface area contributed by atoms with Gasteiger partial charge in [-0.15, -0.1) is 11.8 Å². The van der Waals surface area contributed by atoms with Crippen LogP contribution < -0.4 is 0 Å².